The highest BCUT2D eigenvalue weighted by Gasteiger charge is 2.11. The minimum Gasteiger partial charge on any atom is -0.329 e. The van der Waals surface area contributed by atoms with Crippen LogP contribution in [0.15, 0.2) is 48.0 Å². The molecule has 0 atom stereocenters. The van der Waals surface area contributed by atoms with E-state index in [1.807, 2.05) is 70.3 Å². The number of anilines is 3. The van der Waals surface area contributed by atoms with Crippen LogP contribution in [0.25, 0.3) is 10.6 Å². The van der Waals surface area contributed by atoms with Crippen molar-refractivity contribution in [2.75, 3.05) is 10.6 Å². The van der Waals surface area contributed by atoms with Crippen molar-refractivity contribution in [3.8, 4) is 10.6 Å². The van der Waals surface area contributed by atoms with Gasteiger partial charge in [0.05, 0.1) is 21.3 Å². The second-order valence-electron chi connectivity index (χ2n) is 6.66. The smallest absolute Gasteiger partial charge is 0.211 e. The quantitative estimate of drug-likeness (QED) is 0.380. The van der Waals surface area contributed by atoms with Gasteiger partial charge in [-0.2, -0.15) is 0 Å². The Morgan fingerprint density at radius 1 is 0.933 bits per heavy atom. The molecule has 0 radical (unpaired) electrons. The van der Waals surface area contributed by atoms with E-state index in [0.29, 0.717) is 6.41 Å². The van der Waals surface area contributed by atoms with Gasteiger partial charge in [-0.15, -0.1) is 22.7 Å². The van der Waals surface area contributed by atoms with Gasteiger partial charge < -0.3 is 10.6 Å². The van der Waals surface area contributed by atoms with Crippen molar-refractivity contribution in [3.05, 3.63) is 69.8 Å². The van der Waals surface area contributed by atoms with Crippen LogP contribution in [0.4, 0.5) is 16.6 Å². The van der Waals surface area contributed by atoms with Crippen molar-refractivity contribution in [1.29, 1.82) is 0 Å². The predicted molar refractivity (Wildman–Crippen MR) is 126 cm³/mol. The molecule has 1 aromatic carbocycles. The average Bonchev–Trinajstić information content (AvgIpc) is 3.32. The van der Waals surface area contributed by atoms with Gasteiger partial charge in [0, 0.05) is 17.3 Å². The Bertz CT molecular complexity index is 1100. The maximum atomic E-state index is 9.95. The largest absolute Gasteiger partial charge is 0.329 e. The highest BCUT2D eigenvalue weighted by molar-refractivity contribution is 7.16. The molecule has 3 heterocycles. The number of hydrogen-bond acceptors (Lipinski definition) is 7. The highest BCUT2D eigenvalue weighted by atomic mass is 32.1. The zero-order valence-electron chi connectivity index (χ0n) is 17.3. The molecule has 0 aliphatic carbocycles. The third-order valence-corrected chi connectivity index (χ3v) is 5.92. The third-order valence-electron chi connectivity index (χ3n) is 4.06. The standard InChI is InChI=1S/C14H14N4S2.C8H9NO/c1-8-4-5-12(15-6-8)18-14-17-11(7-19-14)13-9(2)16-10(3)20-13;1-7-2-4-8(5-3-7)9-6-10/h4-7H,1-3H3,(H,15,17,18);2-6H,1H3,(H,9,10). The molecule has 4 aromatic rings. The van der Waals surface area contributed by atoms with Gasteiger partial charge >= 0.3 is 0 Å². The van der Waals surface area contributed by atoms with E-state index in [2.05, 4.69) is 31.0 Å². The van der Waals surface area contributed by atoms with Crippen molar-refractivity contribution in [2.24, 2.45) is 0 Å². The lowest BCUT2D eigenvalue weighted by Gasteiger charge is -2.01. The third kappa shape index (κ3) is 5.95. The van der Waals surface area contributed by atoms with Crippen molar-refractivity contribution in [1.82, 2.24) is 15.0 Å². The van der Waals surface area contributed by atoms with Crippen LogP contribution in [0.2, 0.25) is 0 Å². The first-order valence-electron chi connectivity index (χ1n) is 9.31. The van der Waals surface area contributed by atoms with Gasteiger partial charge in [-0.1, -0.05) is 23.8 Å². The number of thiazole rings is 2. The molecule has 30 heavy (non-hydrogen) atoms. The molecule has 3 aromatic heterocycles. The van der Waals surface area contributed by atoms with Crippen LogP contribution in [-0.2, 0) is 4.79 Å². The zero-order valence-corrected chi connectivity index (χ0v) is 18.9. The Morgan fingerprint density at radius 2 is 1.67 bits per heavy atom. The van der Waals surface area contributed by atoms with Crippen LogP contribution in [0, 0.1) is 27.7 Å². The van der Waals surface area contributed by atoms with E-state index in [4.69, 9.17) is 0 Å². The van der Waals surface area contributed by atoms with Gasteiger partial charge in [0.25, 0.3) is 0 Å². The number of aromatic nitrogens is 3. The second-order valence-corrected chi connectivity index (χ2v) is 8.72. The fourth-order valence-corrected chi connectivity index (χ4v) is 4.24. The summed E-state index contributed by atoms with van der Waals surface area (Å²) < 4.78 is 0. The Labute approximate surface area is 184 Å². The molecule has 2 N–H and O–H groups in total. The molecule has 0 saturated heterocycles. The lowest BCUT2D eigenvalue weighted by Crippen LogP contribution is -1.92. The zero-order chi connectivity index (χ0) is 21.5. The summed E-state index contributed by atoms with van der Waals surface area (Å²) in [6.07, 6.45) is 2.51. The Hall–Kier alpha value is -3.10. The van der Waals surface area contributed by atoms with Gasteiger partial charge in [0.1, 0.15) is 5.82 Å². The summed E-state index contributed by atoms with van der Waals surface area (Å²) in [6.45, 7) is 8.06. The van der Waals surface area contributed by atoms with E-state index >= 15 is 0 Å². The van der Waals surface area contributed by atoms with Crippen molar-refractivity contribution >= 4 is 45.7 Å². The van der Waals surface area contributed by atoms with E-state index in [-0.39, 0.29) is 0 Å². The van der Waals surface area contributed by atoms with E-state index in [1.165, 1.54) is 5.56 Å². The molecule has 0 bridgehead atoms. The molecular formula is C22H23N5OS2. The molecule has 0 saturated carbocycles. The number of nitrogens with zero attached hydrogens (tertiary/aromatic N) is 3. The lowest BCUT2D eigenvalue weighted by atomic mass is 10.2. The van der Waals surface area contributed by atoms with Crippen molar-refractivity contribution in [3.63, 3.8) is 0 Å². The maximum Gasteiger partial charge on any atom is 0.211 e. The molecule has 0 spiro atoms. The van der Waals surface area contributed by atoms with Gasteiger partial charge in [0.2, 0.25) is 6.41 Å². The maximum absolute atomic E-state index is 9.95. The first kappa shape index (κ1) is 21.6. The van der Waals surface area contributed by atoms with Crippen LogP contribution < -0.4 is 10.6 Å². The Kier molecular flexibility index (Phi) is 7.26. The van der Waals surface area contributed by atoms with Crippen molar-refractivity contribution in [2.45, 2.75) is 27.7 Å². The SMILES string of the molecule is Cc1ccc(NC=O)cc1.Cc1ccc(Nc2nc(-c3sc(C)nc3C)cs2)nc1. The van der Waals surface area contributed by atoms with Crippen LogP contribution >= 0.6 is 22.7 Å². The Balaban J connectivity index is 0.000000216. The summed E-state index contributed by atoms with van der Waals surface area (Å²) in [5.74, 6) is 0.814. The number of hydrogen-bond donors (Lipinski definition) is 2. The number of rotatable bonds is 5. The normalized spacial score (nSPS) is 10.1. The molecule has 6 nitrogen and oxygen atoms in total. The van der Waals surface area contributed by atoms with E-state index in [1.54, 1.807) is 22.7 Å². The average molecular weight is 438 g/mol. The monoisotopic (exact) mass is 437 g/mol. The summed E-state index contributed by atoms with van der Waals surface area (Å²) in [4.78, 5) is 24.5. The van der Waals surface area contributed by atoms with Crippen LogP contribution in [0.1, 0.15) is 21.8 Å². The number of nitrogens with one attached hydrogen (secondary N) is 2. The number of pyridine rings is 1. The predicted octanol–water partition coefficient (Wildman–Crippen LogP) is 5.89. The minimum absolute atomic E-state index is 0.671. The van der Waals surface area contributed by atoms with E-state index in [0.717, 1.165) is 43.5 Å². The van der Waals surface area contributed by atoms with E-state index < -0.39 is 0 Å². The molecule has 0 aliphatic rings. The molecular weight excluding hydrogens is 414 g/mol. The first-order valence-corrected chi connectivity index (χ1v) is 11.0. The highest BCUT2D eigenvalue weighted by Crippen LogP contribution is 2.32. The summed E-state index contributed by atoms with van der Waals surface area (Å²) in [5.41, 5.74) is 5.19. The number of benzene rings is 1. The van der Waals surface area contributed by atoms with Crippen LogP contribution in [0.3, 0.4) is 0 Å². The number of amides is 1. The fourth-order valence-electron chi connectivity index (χ4n) is 2.57. The molecule has 0 unspecified atom stereocenters. The lowest BCUT2D eigenvalue weighted by molar-refractivity contribution is -0.105. The molecule has 0 aliphatic heterocycles. The van der Waals surface area contributed by atoms with Crippen LogP contribution in [0.5, 0.6) is 0 Å². The van der Waals surface area contributed by atoms with Gasteiger partial charge in [0.15, 0.2) is 5.13 Å². The number of carbonyl (C=O) groups is 1. The van der Waals surface area contributed by atoms with Gasteiger partial charge in [-0.25, -0.2) is 15.0 Å². The fraction of sp³-hybridized carbons (Fsp3) is 0.182. The molecule has 4 rings (SSSR count). The summed E-state index contributed by atoms with van der Waals surface area (Å²) in [7, 11) is 0. The summed E-state index contributed by atoms with van der Waals surface area (Å²) >= 11 is 3.26. The summed E-state index contributed by atoms with van der Waals surface area (Å²) in [6, 6.07) is 11.6. The molecule has 1 amide bonds. The first-order chi connectivity index (χ1) is 14.4. The molecule has 154 valence electrons. The molecule has 0 fully saturated rings. The topological polar surface area (TPSA) is 79.8 Å². The minimum atomic E-state index is 0.671. The second kappa shape index (κ2) is 10.1. The van der Waals surface area contributed by atoms with Crippen LogP contribution in [-0.4, -0.2) is 21.4 Å². The van der Waals surface area contributed by atoms with Crippen molar-refractivity contribution < 1.29 is 4.79 Å². The van der Waals surface area contributed by atoms with Gasteiger partial charge in [-0.05, 0) is 51.5 Å². The Morgan fingerprint density at radius 3 is 2.27 bits per heavy atom. The number of carbonyl (C=O) groups excluding carboxylic acids is 1. The number of aryl methyl sites for hydroxylation is 4. The van der Waals surface area contributed by atoms with E-state index in [9.17, 15) is 4.79 Å². The molecule has 8 heteroatoms. The van der Waals surface area contributed by atoms with Gasteiger partial charge in [-0.3, -0.25) is 4.79 Å². The summed E-state index contributed by atoms with van der Waals surface area (Å²) in [5, 5.41) is 9.75.